The van der Waals surface area contributed by atoms with Crippen LogP contribution in [-0.2, 0) is 9.59 Å². The third-order valence-electron chi connectivity index (χ3n) is 3.98. The lowest BCUT2D eigenvalue weighted by atomic mass is 9.68. The molecule has 6 heteroatoms. The molecule has 1 heterocycles. The molecular weight excluding hydrogens is 336 g/mol. The van der Waals surface area contributed by atoms with Gasteiger partial charge in [-0.15, -0.1) is 0 Å². The molecule has 2 N–H and O–H groups in total. The van der Waals surface area contributed by atoms with Gasteiger partial charge in [-0.05, 0) is 40.9 Å². The molecule has 0 aliphatic heterocycles. The summed E-state index contributed by atoms with van der Waals surface area (Å²) in [6.45, 7) is 0. The fourth-order valence-electron chi connectivity index (χ4n) is 2.55. The first kappa shape index (κ1) is 14.0. The van der Waals surface area contributed by atoms with Gasteiger partial charge >= 0.3 is 5.97 Å². The third kappa shape index (κ3) is 2.29. The molecule has 5 nitrogen and oxygen atoms in total. The maximum Gasteiger partial charge on any atom is 0.319 e. The number of aromatic nitrogens is 1. The van der Waals surface area contributed by atoms with Gasteiger partial charge in [0, 0.05) is 16.1 Å². The van der Waals surface area contributed by atoms with Crippen LogP contribution >= 0.6 is 15.9 Å². The SMILES string of the molecule is O=C(O)C1(C(=O)Nc2cccc3cc(Br)cnc23)CCC1. The first-order valence-corrected chi connectivity index (χ1v) is 7.41. The van der Waals surface area contributed by atoms with Gasteiger partial charge in [0.25, 0.3) is 0 Å². The third-order valence-corrected chi connectivity index (χ3v) is 4.41. The average molecular weight is 349 g/mol. The summed E-state index contributed by atoms with van der Waals surface area (Å²) in [5.74, 6) is -1.51. The lowest BCUT2D eigenvalue weighted by molar-refractivity contribution is -0.159. The summed E-state index contributed by atoms with van der Waals surface area (Å²) >= 11 is 3.35. The second kappa shape index (κ2) is 5.11. The van der Waals surface area contributed by atoms with Crippen molar-refractivity contribution in [1.29, 1.82) is 0 Å². The Bertz CT molecular complexity index is 741. The minimum absolute atomic E-state index is 0.387. The van der Waals surface area contributed by atoms with Gasteiger partial charge < -0.3 is 10.4 Å². The van der Waals surface area contributed by atoms with E-state index in [0.29, 0.717) is 24.0 Å². The summed E-state index contributed by atoms with van der Waals surface area (Å²) in [6, 6.07) is 7.32. The fraction of sp³-hybridized carbons (Fsp3) is 0.267. The van der Waals surface area contributed by atoms with Crippen LogP contribution < -0.4 is 5.32 Å². The van der Waals surface area contributed by atoms with Crippen molar-refractivity contribution in [3.05, 3.63) is 34.9 Å². The molecule has 1 aromatic carbocycles. The van der Waals surface area contributed by atoms with Gasteiger partial charge in [0.2, 0.25) is 5.91 Å². The van der Waals surface area contributed by atoms with E-state index in [1.165, 1.54) is 0 Å². The molecule has 0 unspecified atom stereocenters. The highest BCUT2D eigenvalue weighted by Gasteiger charge is 2.51. The summed E-state index contributed by atoms with van der Waals surface area (Å²) < 4.78 is 0.847. The molecule has 1 saturated carbocycles. The number of anilines is 1. The number of halogens is 1. The quantitative estimate of drug-likeness (QED) is 0.834. The molecule has 0 bridgehead atoms. The summed E-state index contributed by atoms with van der Waals surface area (Å²) in [4.78, 5) is 28.0. The Hall–Kier alpha value is -1.95. The predicted octanol–water partition coefficient (Wildman–Crippen LogP) is 3.19. The van der Waals surface area contributed by atoms with E-state index in [1.807, 2.05) is 12.1 Å². The van der Waals surface area contributed by atoms with Crippen LogP contribution in [0.2, 0.25) is 0 Å². The zero-order chi connectivity index (χ0) is 15.0. The first-order chi connectivity index (χ1) is 10.0. The number of carbonyl (C=O) groups excluding carboxylic acids is 1. The van der Waals surface area contributed by atoms with Crippen LogP contribution in [0.15, 0.2) is 34.9 Å². The van der Waals surface area contributed by atoms with Crippen LogP contribution in [-0.4, -0.2) is 22.0 Å². The number of fused-ring (bicyclic) bond motifs is 1. The van der Waals surface area contributed by atoms with E-state index < -0.39 is 17.3 Å². The van der Waals surface area contributed by atoms with Crippen LogP contribution in [0.4, 0.5) is 5.69 Å². The van der Waals surface area contributed by atoms with Crippen LogP contribution in [0.3, 0.4) is 0 Å². The van der Waals surface area contributed by atoms with Gasteiger partial charge in [-0.25, -0.2) is 0 Å². The normalized spacial score (nSPS) is 16.2. The Morgan fingerprint density at radius 1 is 1.33 bits per heavy atom. The number of carboxylic acids is 1. The number of amides is 1. The minimum atomic E-state index is -1.28. The number of nitrogens with zero attached hydrogens (tertiary/aromatic N) is 1. The second-order valence-electron chi connectivity index (χ2n) is 5.23. The molecule has 21 heavy (non-hydrogen) atoms. The molecule has 1 amide bonds. The van der Waals surface area contributed by atoms with Crippen LogP contribution in [0.5, 0.6) is 0 Å². The van der Waals surface area contributed by atoms with E-state index in [9.17, 15) is 14.7 Å². The molecule has 108 valence electrons. The number of para-hydroxylation sites is 1. The molecule has 0 spiro atoms. The van der Waals surface area contributed by atoms with Gasteiger partial charge in [-0.3, -0.25) is 14.6 Å². The number of rotatable bonds is 3. The standard InChI is InChI=1S/C15H13BrN2O3/c16-10-7-9-3-1-4-11(12(9)17-8-10)18-13(19)15(14(20)21)5-2-6-15/h1,3-4,7-8H,2,5-6H2,(H,18,19)(H,20,21). The topological polar surface area (TPSA) is 79.3 Å². The van der Waals surface area contributed by atoms with Crippen LogP contribution in [0.25, 0.3) is 10.9 Å². The predicted molar refractivity (Wildman–Crippen MR) is 82.0 cm³/mol. The average Bonchev–Trinajstić information content (AvgIpc) is 2.36. The van der Waals surface area contributed by atoms with Gasteiger partial charge in [0.15, 0.2) is 0 Å². The van der Waals surface area contributed by atoms with Crippen molar-refractivity contribution in [2.75, 3.05) is 5.32 Å². The van der Waals surface area contributed by atoms with E-state index >= 15 is 0 Å². The van der Waals surface area contributed by atoms with Crippen molar-refractivity contribution < 1.29 is 14.7 Å². The number of nitrogens with one attached hydrogen (secondary N) is 1. The van der Waals surface area contributed by atoms with Crippen molar-refractivity contribution in [3.63, 3.8) is 0 Å². The smallest absolute Gasteiger partial charge is 0.319 e. The van der Waals surface area contributed by atoms with Crippen LogP contribution in [0, 0.1) is 5.41 Å². The molecule has 1 aliphatic carbocycles. The van der Waals surface area contributed by atoms with Gasteiger partial charge in [-0.2, -0.15) is 0 Å². The summed E-state index contributed by atoms with van der Waals surface area (Å²) in [5.41, 5.74) is -0.0937. The molecule has 3 rings (SSSR count). The maximum absolute atomic E-state index is 12.3. The van der Waals surface area contributed by atoms with Crippen molar-refractivity contribution in [3.8, 4) is 0 Å². The molecule has 2 aromatic rings. The maximum atomic E-state index is 12.3. The number of hydrogen-bond acceptors (Lipinski definition) is 3. The Balaban J connectivity index is 1.95. The number of aliphatic carboxylic acids is 1. The number of pyridine rings is 1. The highest BCUT2D eigenvalue weighted by atomic mass is 79.9. The Morgan fingerprint density at radius 3 is 2.71 bits per heavy atom. The summed E-state index contributed by atoms with van der Waals surface area (Å²) in [5, 5.41) is 12.9. The Morgan fingerprint density at radius 2 is 2.10 bits per heavy atom. The van der Waals surface area contributed by atoms with Crippen LogP contribution in [0.1, 0.15) is 19.3 Å². The van der Waals surface area contributed by atoms with E-state index in [4.69, 9.17) is 0 Å². The van der Waals surface area contributed by atoms with Crippen molar-refractivity contribution in [2.45, 2.75) is 19.3 Å². The number of hydrogen-bond donors (Lipinski definition) is 2. The number of carboxylic acid groups (broad SMARTS) is 1. The zero-order valence-corrected chi connectivity index (χ0v) is 12.7. The lowest BCUT2D eigenvalue weighted by Gasteiger charge is -2.35. The van der Waals surface area contributed by atoms with E-state index in [1.54, 1.807) is 18.3 Å². The van der Waals surface area contributed by atoms with E-state index in [2.05, 4.69) is 26.2 Å². The van der Waals surface area contributed by atoms with Crippen molar-refractivity contribution >= 4 is 44.4 Å². The van der Waals surface area contributed by atoms with Gasteiger partial charge in [0.05, 0.1) is 11.2 Å². The van der Waals surface area contributed by atoms with Crippen molar-refractivity contribution in [2.24, 2.45) is 5.41 Å². The first-order valence-electron chi connectivity index (χ1n) is 6.62. The number of benzene rings is 1. The molecule has 1 aromatic heterocycles. The Kier molecular flexibility index (Phi) is 3.41. The molecule has 1 fully saturated rings. The largest absolute Gasteiger partial charge is 0.480 e. The zero-order valence-electron chi connectivity index (χ0n) is 11.1. The summed E-state index contributed by atoms with van der Waals surface area (Å²) in [6.07, 6.45) is 3.19. The van der Waals surface area contributed by atoms with E-state index in [0.717, 1.165) is 16.3 Å². The van der Waals surface area contributed by atoms with Crippen molar-refractivity contribution in [1.82, 2.24) is 4.98 Å². The fourth-order valence-corrected chi connectivity index (χ4v) is 2.89. The lowest BCUT2D eigenvalue weighted by Crippen LogP contribution is -2.48. The molecular formula is C15H13BrN2O3. The Labute approximate surface area is 129 Å². The molecule has 0 saturated heterocycles. The van der Waals surface area contributed by atoms with Gasteiger partial charge in [-0.1, -0.05) is 18.6 Å². The highest BCUT2D eigenvalue weighted by Crippen LogP contribution is 2.42. The number of carbonyl (C=O) groups is 2. The molecule has 1 aliphatic rings. The monoisotopic (exact) mass is 348 g/mol. The van der Waals surface area contributed by atoms with E-state index in [-0.39, 0.29) is 0 Å². The summed E-state index contributed by atoms with van der Waals surface area (Å²) in [7, 11) is 0. The molecule has 0 atom stereocenters. The highest BCUT2D eigenvalue weighted by molar-refractivity contribution is 9.10. The minimum Gasteiger partial charge on any atom is -0.480 e. The second-order valence-corrected chi connectivity index (χ2v) is 6.14. The van der Waals surface area contributed by atoms with Gasteiger partial charge in [0.1, 0.15) is 5.41 Å². The molecule has 0 radical (unpaired) electrons.